The van der Waals surface area contributed by atoms with Crippen LogP contribution in [0.3, 0.4) is 0 Å². The van der Waals surface area contributed by atoms with Crippen LogP contribution in [0.5, 0.6) is 5.75 Å². The second-order valence-corrected chi connectivity index (χ2v) is 9.95. The molecule has 0 spiro atoms. The minimum Gasteiger partial charge on any atom is -0.497 e. The summed E-state index contributed by atoms with van der Waals surface area (Å²) in [5.74, 6) is 2.09. The summed E-state index contributed by atoms with van der Waals surface area (Å²) in [6.45, 7) is 7.10. The van der Waals surface area contributed by atoms with Crippen molar-refractivity contribution in [3.05, 3.63) is 64.7 Å². The lowest BCUT2D eigenvalue weighted by Gasteiger charge is -2.34. The number of ether oxygens (including phenoxy) is 1. The van der Waals surface area contributed by atoms with Crippen LogP contribution in [0.2, 0.25) is 0 Å². The maximum Gasteiger partial charge on any atom is 0.266 e. The van der Waals surface area contributed by atoms with Crippen molar-refractivity contribution in [2.45, 2.75) is 65.3 Å². The molecule has 4 rings (SSSR count). The minimum atomic E-state index is -0.291. The molecule has 1 aromatic heterocycles. The van der Waals surface area contributed by atoms with Crippen molar-refractivity contribution < 1.29 is 9.53 Å². The molecule has 1 aliphatic carbocycles. The van der Waals surface area contributed by atoms with Gasteiger partial charge in [-0.25, -0.2) is 4.98 Å². The first-order valence-electron chi connectivity index (χ1n) is 12.9. The van der Waals surface area contributed by atoms with Gasteiger partial charge in [0, 0.05) is 12.5 Å². The number of hydrogen-bond acceptors (Lipinski definition) is 4. The molecule has 0 bridgehead atoms. The standard InChI is InChI=1S/C29H37N3O3/c1-5-26(31(19-18-20(2)3)28(33)21-10-6-7-11-21)27-30-25-13-9-8-12-24(25)29(34)32(27)22-14-16-23(35-4)17-15-22/h8-9,12-17,20-21,26H,5-7,10-11,18-19H2,1-4H3. The van der Waals surface area contributed by atoms with Gasteiger partial charge >= 0.3 is 0 Å². The molecule has 1 saturated carbocycles. The van der Waals surface area contributed by atoms with Crippen LogP contribution in [0.1, 0.15) is 71.2 Å². The second-order valence-electron chi connectivity index (χ2n) is 9.95. The molecule has 1 aliphatic rings. The van der Waals surface area contributed by atoms with Crippen LogP contribution in [-0.2, 0) is 4.79 Å². The lowest BCUT2D eigenvalue weighted by Crippen LogP contribution is -2.42. The summed E-state index contributed by atoms with van der Waals surface area (Å²) in [6.07, 6.45) is 5.70. The number of methoxy groups -OCH3 is 1. The fourth-order valence-corrected chi connectivity index (χ4v) is 5.12. The van der Waals surface area contributed by atoms with E-state index in [-0.39, 0.29) is 23.4 Å². The summed E-state index contributed by atoms with van der Waals surface area (Å²) in [5, 5.41) is 0.567. The summed E-state index contributed by atoms with van der Waals surface area (Å²) in [7, 11) is 1.62. The van der Waals surface area contributed by atoms with Crippen molar-refractivity contribution in [1.82, 2.24) is 14.5 Å². The number of benzene rings is 2. The van der Waals surface area contributed by atoms with Gasteiger partial charge in [-0.2, -0.15) is 0 Å². The van der Waals surface area contributed by atoms with Gasteiger partial charge in [0.25, 0.3) is 5.56 Å². The fourth-order valence-electron chi connectivity index (χ4n) is 5.12. The van der Waals surface area contributed by atoms with E-state index >= 15 is 0 Å². The van der Waals surface area contributed by atoms with Crippen LogP contribution in [0, 0.1) is 11.8 Å². The molecule has 0 radical (unpaired) electrons. The highest BCUT2D eigenvalue weighted by Gasteiger charge is 2.34. The summed E-state index contributed by atoms with van der Waals surface area (Å²) >= 11 is 0. The van der Waals surface area contributed by atoms with Gasteiger partial charge in [-0.3, -0.25) is 14.2 Å². The number of rotatable bonds is 9. The van der Waals surface area contributed by atoms with Gasteiger partial charge in [0.2, 0.25) is 5.91 Å². The van der Waals surface area contributed by atoms with Crippen LogP contribution >= 0.6 is 0 Å². The first-order chi connectivity index (χ1) is 16.9. The molecule has 1 fully saturated rings. The first kappa shape index (κ1) is 25.0. The summed E-state index contributed by atoms with van der Waals surface area (Å²) < 4.78 is 7.02. The molecule has 1 unspecified atom stereocenters. The molecule has 1 atom stereocenters. The predicted molar refractivity (Wildman–Crippen MR) is 140 cm³/mol. The van der Waals surface area contributed by atoms with E-state index in [1.165, 1.54) is 0 Å². The van der Waals surface area contributed by atoms with Gasteiger partial charge in [-0.1, -0.05) is 45.7 Å². The smallest absolute Gasteiger partial charge is 0.266 e. The first-order valence-corrected chi connectivity index (χ1v) is 12.9. The van der Waals surface area contributed by atoms with E-state index in [1.807, 2.05) is 53.4 Å². The molecule has 1 amide bonds. The second kappa shape index (κ2) is 11.1. The quantitative estimate of drug-likeness (QED) is 0.386. The lowest BCUT2D eigenvalue weighted by atomic mass is 10.0. The zero-order valence-corrected chi connectivity index (χ0v) is 21.4. The number of hydrogen-bond donors (Lipinski definition) is 0. The normalized spacial score (nSPS) is 15.0. The van der Waals surface area contributed by atoms with E-state index in [4.69, 9.17) is 9.72 Å². The van der Waals surface area contributed by atoms with E-state index in [9.17, 15) is 9.59 Å². The number of nitrogens with zero attached hydrogens (tertiary/aromatic N) is 3. The van der Waals surface area contributed by atoms with E-state index in [1.54, 1.807) is 11.7 Å². The summed E-state index contributed by atoms with van der Waals surface area (Å²) in [4.78, 5) is 34.7. The monoisotopic (exact) mass is 475 g/mol. The number of carbonyl (C=O) groups is 1. The highest BCUT2D eigenvalue weighted by Crippen LogP contribution is 2.33. The van der Waals surface area contributed by atoms with Gasteiger partial charge in [-0.05, 0) is 68.0 Å². The Hall–Kier alpha value is -3.15. The molecule has 186 valence electrons. The van der Waals surface area contributed by atoms with Crippen LogP contribution in [-0.4, -0.2) is 34.0 Å². The third-order valence-electron chi connectivity index (χ3n) is 7.13. The lowest BCUT2D eigenvalue weighted by molar-refractivity contribution is -0.138. The molecular weight excluding hydrogens is 438 g/mol. The van der Waals surface area contributed by atoms with Crippen molar-refractivity contribution >= 4 is 16.8 Å². The van der Waals surface area contributed by atoms with E-state index in [0.29, 0.717) is 35.6 Å². The number of aromatic nitrogens is 2. The van der Waals surface area contributed by atoms with Crippen molar-refractivity contribution in [1.29, 1.82) is 0 Å². The number of carbonyl (C=O) groups excluding carboxylic acids is 1. The molecule has 0 aliphatic heterocycles. The Balaban J connectivity index is 1.89. The van der Waals surface area contributed by atoms with Gasteiger partial charge < -0.3 is 9.64 Å². The summed E-state index contributed by atoms with van der Waals surface area (Å²) in [6, 6.07) is 14.6. The maximum absolute atomic E-state index is 13.8. The fraction of sp³-hybridized carbons (Fsp3) is 0.483. The number of para-hydroxylation sites is 1. The van der Waals surface area contributed by atoms with Gasteiger partial charge in [0.15, 0.2) is 0 Å². The molecular formula is C29H37N3O3. The van der Waals surface area contributed by atoms with E-state index < -0.39 is 0 Å². The highest BCUT2D eigenvalue weighted by atomic mass is 16.5. The van der Waals surface area contributed by atoms with Crippen LogP contribution in [0.15, 0.2) is 53.3 Å². The predicted octanol–water partition coefficient (Wildman–Crippen LogP) is 5.91. The SMILES string of the molecule is CCC(c1nc2ccccc2c(=O)n1-c1ccc(OC)cc1)N(CCC(C)C)C(=O)C1CCCC1. The molecule has 6 nitrogen and oxygen atoms in total. The van der Waals surface area contributed by atoms with Gasteiger partial charge in [0.05, 0.1) is 29.7 Å². The Morgan fingerprint density at radius 2 is 1.80 bits per heavy atom. The maximum atomic E-state index is 13.8. The highest BCUT2D eigenvalue weighted by molar-refractivity contribution is 5.80. The van der Waals surface area contributed by atoms with Crippen molar-refractivity contribution in [2.24, 2.45) is 11.8 Å². The molecule has 6 heteroatoms. The molecule has 1 heterocycles. The Morgan fingerprint density at radius 1 is 1.11 bits per heavy atom. The Morgan fingerprint density at radius 3 is 2.43 bits per heavy atom. The van der Waals surface area contributed by atoms with Crippen LogP contribution in [0.4, 0.5) is 0 Å². The van der Waals surface area contributed by atoms with Crippen LogP contribution < -0.4 is 10.3 Å². The van der Waals surface area contributed by atoms with Crippen molar-refractivity contribution in [3.8, 4) is 11.4 Å². The zero-order valence-electron chi connectivity index (χ0n) is 21.4. The van der Waals surface area contributed by atoms with E-state index in [2.05, 4.69) is 20.8 Å². The molecule has 3 aromatic rings. The largest absolute Gasteiger partial charge is 0.497 e. The Kier molecular flexibility index (Phi) is 7.89. The average Bonchev–Trinajstić information content (AvgIpc) is 3.41. The van der Waals surface area contributed by atoms with Gasteiger partial charge in [-0.15, -0.1) is 0 Å². The topological polar surface area (TPSA) is 64.4 Å². The third-order valence-corrected chi connectivity index (χ3v) is 7.13. The van der Waals surface area contributed by atoms with E-state index in [0.717, 1.165) is 43.5 Å². The molecule has 2 aromatic carbocycles. The van der Waals surface area contributed by atoms with Crippen LogP contribution in [0.25, 0.3) is 16.6 Å². The Bertz CT molecular complexity index is 1210. The van der Waals surface area contributed by atoms with Gasteiger partial charge in [0.1, 0.15) is 11.6 Å². The van der Waals surface area contributed by atoms with Crippen molar-refractivity contribution in [2.75, 3.05) is 13.7 Å². The molecule has 0 saturated heterocycles. The van der Waals surface area contributed by atoms with Crippen molar-refractivity contribution in [3.63, 3.8) is 0 Å². The zero-order chi connectivity index (χ0) is 24.9. The third kappa shape index (κ3) is 5.26. The number of amides is 1. The number of fused-ring (bicyclic) bond motifs is 1. The Labute approximate surface area is 207 Å². The molecule has 35 heavy (non-hydrogen) atoms. The summed E-state index contributed by atoms with van der Waals surface area (Å²) in [5.41, 5.74) is 1.26. The average molecular weight is 476 g/mol. The minimum absolute atomic E-state index is 0.0674. The molecule has 0 N–H and O–H groups in total.